The fourth-order valence-electron chi connectivity index (χ4n) is 2.35. The van der Waals surface area contributed by atoms with Gasteiger partial charge < -0.3 is 14.5 Å². The Balaban J connectivity index is 1.66. The number of furan rings is 1. The second-order valence-electron chi connectivity index (χ2n) is 5.40. The van der Waals surface area contributed by atoms with Crippen LogP contribution in [0.2, 0.25) is 0 Å². The van der Waals surface area contributed by atoms with Crippen molar-refractivity contribution < 1.29 is 18.7 Å². The highest BCUT2D eigenvalue weighted by atomic mass is 32.2. The van der Waals surface area contributed by atoms with Crippen molar-refractivity contribution in [2.75, 3.05) is 17.7 Å². The van der Waals surface area contributed by atoms with E-state index in [4.69, 9.17) is 9.15 Å². The van der Waals surface area contributed by atoms with Gasteiger partial charge in [0.15, 0.2) is 10.9 Å². The topological polar surface area (TPSA) is 99.2 Å². The lowest BCUT2D eigenvalue weighted by atomic mass is 10.3. The van der Waals surface area contributed by atoms with Gasteiger partial charge in [-0.2, -0.15) is 0 Å². The Hall–Kier alpha value is -2.85. The van der Waals surface area contributed by atoms with Crippen LogP contribution < -0.4 is 5.32 Å². The quantitative estimate of drug-likeness (QED) is 0.321. The van der Waals surface area contributed by atoms with E-state index in [1.165, 1.54) is 23.1 Å². The highest BCUT2D eigenvalue weighted by Gasteiger charge is 2.19. The van der Waals surface area contributed by atoms with Crippen molar-refractivity contribution in [1.29, 1.82) is 0 Å². The van der Waals surface area contributed by atoms with Crippen LogP contribution in [0.3, 0.4) is 0 Å². The molecule has 1 amide bonds. The summed E-state index contributed by atoms with van der Waals surface area (Å²) in [7, 11) is 0. The standard InChI is InChI=1S/C18H18N4O4S2/c1-3-8-22-15(13-6-5-9-26-13)20-21-18(22)28-11-14(23)19-16-12(7-10-27-16)17(24)25-4-2/h3,5-7,9-10H,1,4,8,11H2,2H3,(H,19,23). The Kier molecular flexibility index (Phi) is 6.66. The lowest BCUT2D eigenvalue weighted by Crippen LogP contribution is -2.16. The second-order valence-corrected chi connectivity index (χ2v) is 7.26. The van der Waals surface area contributed by atoms with E-state index in [2.05, 4.69) is 22.1 Å². The van der Waals surface area contributed by atoms with Gasteiger partial charge in [-0.1, -0.05) is 17.8 Å². The Morgan fingerprint density at radius 2 is 2.29 bits per heavy atom. The molecule has 0 saturated carbocycles. The molecule has 0 aliphatic carbocycles. The maximum Gasteiger partial charge on any atom is 0.341 e. The van der Waals surface area contributed by atoms with E-state index in [1.54, 1.807) is 42.8 Å². The molecule has 1 N–H and O–H groups in total. The van der Waals surface area contributed by atoms with Gasteiger partial charge in [-0.25, -0.2) is 4.79 Å². The fourth-order valence-corrected chi connectivity index (χ4v) is 3.88. The summed E-state index contributed by atoms with van der Waals surface area (Å²) in [4.78, 5) is 24.3. The summed E-state index contributed by atoms with van der Waals surface area (Å²) in [5.74, 6) is 0.540. The van der Waals surface area contributed by atoms with Crippen LogP contribution in [0.25, 0.3) is 11.6 Å². The van der Waals surface area contributed by atoms with Gasteiger partial charge >= 0.3 is 5.97 Å². The second kappa shape index (κ2) is 9.38. The molecule has 28 heavy (non-hydrogen) atoms. The van der Waals surface area contributed by atoms with Gasteiger partial charge in [-0.15, -0.1) is 28.1 Å². The molecule has 3 aromatic rings. The number of nitrogens with zero attached hydrogens (tertiary/aromatic N) is 3. The molecule has 8 nitrogen and oxygen atoms in total. The number of aromatic nitrogens is 3. The third kappa shape index (κ3) is 4.52. The lowest BCUT2D eigenvalue weighted by Gasteiger charge is -2.07. The minimum Gasteiger partial charge on any atom is -0.462 e. The minimum absolute atomic E-state index is 0.105. The molecule has 0 aliphatic rings. The Bertz CT molecular complexity index is 962. The molecule has 0 saturated heterocycles. The minimum atomic E-state index is -0.458. The molecule has 146 valence electrons. The molecule has 3 heterocycles. The van der Waals surface area contributed by atoms with E-state index < -0.39 is 5.97 Å². The molecular formula is C18H18N4O4S2. The summed E-state index contributed by atoms with van der Waals surface area (Å²) in [5, 5.41) is 13.8. The predicted molar refractivity (Wildman–Crippen MR) is 108 cm³/mol. The Labute approximate surface area is 169 Å². The van der Waals surface area contributed by atoms with Gasteiger partial charge in [0.2, 0.25) is 11.7 Å². The number of thioether (sulfide) groups is 1. The first-order valence-corrected chi connectivity index (χ1v) is 10.3. The number of ether oxygens (including phenoxy) is 1. The van der Waals surface area contributed by atoms with Crippen LogP contribution in [0, 0.1) is 0 Å². The molecule has 0 bridgehead atoms. The van der Waals surface area contributed by atoms with Crippen LogP contribution in [0.5, 0.6) is 0 Å². The van der Waals surface area contributed by atoms with E-state index in [1.807, 2.05) is 4.57 Å². The maximum absolute atomic E-state index is 12.3. The zero-order valence-corrected chi connectivity index (χ0v) is 16.7. The van der Waals surface area contributed by atoms with Gasteiger partial charge in [-0.3, -0.25) is 9.36 Å². The number of carbonyl (C=O) groups excluding carboxylic acids is 2. The summed E-state index contributed by atoms with van der Waals surface area (Å²) in [5.41, 5.74) is 0.347. The van der Waals surface area contributed by atoms with E-state index in [9.17, 15) is 9.59 Å². The first-order chi connectivity index (χ1) is 13.6. The van der Waals surface area contributed by atoms with Crippen molar-refractivity contribution in [3.63, 3.8) is 0 Å². The molecule has 0 aliphatic heterocycles. The zero-order chi connectivity index (χ0) is 19.9. The van der Waals surface area contributed by atoms with Crippen LogP contribution in [-0.4, -0.2) is 39.0 Å². The highest BCUT2D eigenvalue weighted by molar-refractivity contribution is 7.99. The predicted octanol–water partition coefficient (Wildman–Crippen LogP) is 3.69. The number of thiophene rings is 1. The van der Waals surface area contributed by atoms with Crippen molar-refractivity contribution >= 4 is 40.0 Å². The number of esters is 1. The molecule has 0 radical (unpaired) electrons. The monoisotopic (exact) mass is 418 g/mol. The van der Waals surface area contributed by atoms with Crippen LogP contribution in [0.15, 0.2) is 52.1 Å². The number of amides is 1. The molecule has 3 rings (SSSR count). The maximum atomic E-state index is 12.3. The number of rotatable bonds is 9. The van der Waals surface area contributed by atoms with Gasteiger partial charge in [0.05, 0.1) is 24.2 Å². The highest BCUT2D eigenvalue weighted by Crippen LogP contribution is 2.26. The molecule has 0 unspecified atom stereocenters. The number of carbonyl (C=O) groups is 2. The first kappa shape index (κ1) is 19.9. The molecule has 3 aromatic heterocycles. The van der Waals surface area contributed by atoms with Crippen molar-refractivity contribution in [1.82, 2.24) is 14.8 Å². The first-order valence-electron chi connectivity index (χ1n) is 8.39. The normalized spacial score (nSPS) is 10.6. The van der Waals surface area contributed by atoms with Crippen molar-refractivity contribution in [3.05, 3.63) is 48.1 Å². The molecular weight excluding hydrogens is 400 g/mol. The average molecular weight is 419 g/mol. The van der Waals surface area contributed by atoms with Crippen molar-refractivity contribution in [3.8, 4) is 11.6 Å². The SMILES string of the molecule is C=CCn1c(SCC(=O)Nc2sccc2C(=O)OCC)nnc1-c1ccco1. The third-order valence-electron chi connectivity index (χ3n) is 3.52. The number of allylic oxidation sites excluding steroid dienone is 1. The average Bonchev–Trinajstić information content (AvgIpc) is 3.41. The Morgan fingerprint density at radius 1 is 1.43 bits per heavy atom. The van der Waals surface area contributed by atoms with Crippen LogP contribution >= 0.6 is 23.1 Å². The summed E-state index contributed by atoms with van der Waals surface area (Å²) in [6, 6.07) is 5.19. The molecule has 0 atom stereocenters. The Morgan fingerprint density at radius 3 is 3.00 bits per heavy atom. The number of hydrogen-bond acceptors (Lipinski definition) is 8. The zero-order valence-electron chi connectivity index (χ0n) is 15.1. The van der Waals surface area contributed by atoms with Crippen LogP contribution in [-0.2, 0) is 16.1 Å². The number of nitrogens with one attached hydrogen (secondary N) is 1. The fraction of sp³-hybridized carbons (Fsp3) is 0.222. The number of hydrogen-bond donors (Lipinski definition) is 1. The van der Waals surface area contributed by atoms with E-state index in [-0.39, 0.29) is 18.3 Å². The largest absolute Gasteiger partial charge is 0.462 e. The van der Waals surface area contributed by atoms with Crippen LogP contribution in [0.1, 0.15) is 17.3 Å². The number of anilines is 1. The van der Waals surface area contributed by atoms with Gasteiger partial charge in [0.25, 0.3) is 0 Å². The summed E-state index contributed by atoms with van der Waals surface area (Å²) < 4.78 is 12.2. The van der Waals surface area contributed by atoms with Gasteiger partial charge in [0, 0.05) is 6.54 Å². The summed E-state index contributed by atoms with van der Waals surface area (Å²) in [6.45, 7) is 6.23. The summed E-state index contributed by atoms with van der Waals surface area (Å²) in [6.07, 6.45) is 3.28. The molecule has 0 spiro atoms. The van der Waals surface area contributed by atoms with E-state index in [0.29, 0.717) is 33.9 Å². The van der Waals surface area contributed by atoms with Crippen LogP contribution in [0.4, 0.5) is 5.00 Å². The smallest absolute Gasteiger partial charge is 0.341 e. The molecule has 0 fully saturated rings. The molecule has 10 heteroatoms. The third-order valence-corrected chi connectivity index (χ3v) is 5.31. The van der Waals surface area contributed by atoms with E-state index >= 15 is 0 Å². The van der Waals surface area contributed by atoms with Gasteiger partial charge in [-0.05, 0) is 30.5 Å². The van der Waals surface area contributed by atoms with Crippen molar-refractivity contribution in [2.45, 2.75) is 18.6 Å². The van der Waals surface area contributed by atoms with Gasteiger partial charge in [0.1, 0.15) is 5.00 Å². The van der Waals surface area contributed by atoms with E-state index in [0.717, 1.165) is 0 Å². The summed E-state index contributed by atoms with van der Waals surface area (Å²) >= 11 is 2.50. The van der Waals surface area contributed by atoms with Crippen molar-refractivity contribution in [2.24, 2.45) is 0 Å². The lowest BCUT2D eigenvalue weighted by molar-refractivity contribution is -0.113. The molecule has 0 aromatic carbocycles.